The fourth-order valence-electron chi connectivity index (χ4n) is 18.5. The maximum absolute atomic E-state index is 14.5. The molecule has 4 aliphatic carbocycles. The van der Waals surface area contributed by atoms with Crippen LogP contribution < -0.4 is 18.9 Å². The van der Waals surface area contributed by atoms with Gasteiger partial charge in [-0.1, -0.05) is 150 Å². The van der Waals surface area contributed by atoms with E-state index in [2.05, 4.69) is 29.9 Å². The molecule has 8 heterocycles. The first-order valence-corrected chi connectivity index (χ1v) is 48.5. The molecule has 808 valence electrons. The number of methoxy groups -OCH3 is 2. The number of aromatic nitrogens is 8. The van der Waals surface area contributed by atoms with Gasteiger partial charge in [-0.3, -0.25) is 18.7 Å². The summed E-state index contributed by atoms with van der Waals surface area (Å²) >= 11 is 0. The van der Waals surface area contributed by atoms with Crippen molar-refractivity contribution in [2.24, 2.45) is 0 Å². The smallest absolute Gasteiger partial charge is 0.443 e. The zero-order valence-electron chi connectivity index (χ0n) is 80.6. The number of nitrogens with zero attached hydrogens (tertiary/aromatic N) is 8. The standard InChI is InChI=1S/C26H33F3N2O8.C25H31F3N2O8.C24H31F3N2O6.C23H29F3N2O6/c1-3-14-8-10-15(11-9-14)12-17-22(26(27,28)29)31(16-6-4-5-7-16)30-23(17)39-24-21(34)20(33)19(32)18(38-24)13-37-25(35)36-2;1-3-13-7-9-14(10-8-13)11-16-21(25(26,27)28)30(15-5-4-6-15)29-22(16)38-23-20(33)19(32)18(31)17(37-23)12-36-24(34)35-2;1-2-13-7-9-14(10-8-13)11-16-21(24(25,26)27)29(15-5-3-4-6-15)28-22(16)35-23-20(33)19(32)18(31)17(12-30)34-23;1-2-12-6-8-13(9-7-12)10-15-20(23(24,25)26)28(14-4-3-5-14)27-21(15)34-22-19(32)18(31)17(30)16(11-29)33-22/h8-11,16,18-21,24,32-34H,3-7,12-13H2,1-2H3;7-10,15,17-20,23,31-33H,3-6,11-12H2,1-2H3;7-10,15,17-20,23,30-33H,2-6,11-12H2,1H3;6-9,14,16-19,22,29-32H,2-5,10-11H2,1H3. The Bertz CT molecular complexity index is 5520. The van der Waals surface area contributed by atoms with Gasteiger partial charge in [0.1, 0.15) is 134 Å². The molecule has 20 atom stereocenters. The van der Waals surface area contributed by atoms with Crippen LogP contribution in [0.5, 0.6) is 23.5 Å². The molecule has 4 aliphatic heterocycles. The summed E-state index contributed by atoms with van der Waals surface area (Å²) in [6.07, 6.45) is -42.4. The van der Waals surface area contributed by atoms with Crippen LogP contribution in [0.3, 0.4) is 0 Å². The Labute approximate surface area is 830 Å². The van der Waals surface area contributed by atoms with Gasteiger partial charge in [-0.05, 0) is 134 Å². The molecular weight excluding hydrogens is 1970 g/mol. The van der Waals surface area contributed by atoms with Crippen molar-refractivity contribution in [1.82, 2.24) is 39.1 Å². The Morgan fingerprint density at radius 1 is 0.301 bits per heavy atom. The van der Waals surface area contributed by atoms with Crippen molar-refractivity contribution in [3.63, 3.8) is 0 Å². The van der Waals surface area contributed by atoms with Gasteiger partial charge in [-0.2, -0.15) is 52.7 Å². The number of hydrogen-bond acceptors (Lipinski definition) is 32. The van der Waals surface area contributed by atoms with E-state index in [1.165, 1.54) is 0 Å². The number of aliphatic hydroxyl groups excluding tert-OH is 14. The summed E-state index contributed by atoms with van der Waals surface area (Å²) in [6.45, 7) is 5.38. The Hall–Kier alpha value is -10.1. The number of alkyl halides is 12. The van der Waals surface area contributed by atoms with Crippen molar-refractivity contribution in [3.05, 3.63) is 187 Å². The van der Waals surface area contributed by atoms with Crippen molar-refractivity contribution < 1.29 is 191 Å². The molecule has 4 saturated heterocycles. The van der Waals surface area contributed by atoms with E-state index in [4.69, 9.17) is 47.4 Å². The molecule has 16 rings (SSSR count). The maximum atomic E-state index is 14.5. The molecule has 8 fully saturated rings. The van der Waals surface area contributed by atoms with E-state index < -0.39 is 245 Å². The predicted molar refractivity (Wildman–Crippen MR) is 484 cm³/mol. The van der Waals surface area contributed by atoms with Gasteiger partial charge in [0, 0.05) is 25.7 Å². The fraction of sp³-hybridized carbons (Fsp3) is 0.612. The monoisotopic (exact) mass is 2090 g/mol. The van der Waals surface area contributed by atoms with E-state index in [0.717, 1.165) is 119 Å². The lowest BCUT2D eigenvalue weighted by atomic mass is 9.93. The molecule has 8 aromatic rings. The first kappa shape index (κ1) is 113. The van der Waals surface area contributed by atoms with Crippen LogP contribution in [0.15, 0.2) is 97.1 Å². The summed E-state index contributed by atoms with van der Waals surface area (Å²) in [5.74, 6) is -1.56. The van der Waals surface area contributed by atoms with Crippen molar-refractivity contribution >= 4 is 12.3 Å². The van der Waals surface area contributed by atoms with Crippen LogP contribution >= 0.6 is 0 Å². The third kappa shape index (κ3) is 26.6. The zero-order chi connectivity index (χ0) is 106. The Kier molecular flexibility index (Phi) is 38.0. The lowest BCUT2D eigenvalue weighted by Gasteiger charge is -2.39. The number of carbonyl (C=O) groups excluding carboxylic acids is 2. The third-order valence-electron chi connectivity index (χ3n) is 27.4. The molecule has 4 saturated carbocycles. The predicted octanol–water partition coefficient (Wildman–Crippen LogP) is 10.2. The van der Waals surface area contributed by atoms with Gasteiger partial charge < -0.3 is 128 Å². The van der Waals surface area contributed by atoms with Crippen molar-refractivity contribution in [2.45, 2.75) is 341 Å². The van der Waals surface area contributed by atoms with Crippen LogP contribution in [0.2, 0.25) is 0 Å². The van der Waals surface area contributed by atoms with Crippen LogP contribution in [0.1, 0.15) is 231 Å². The Balaban J connectivity index is 0.000000163. The summed E-state index contributed by atoms with van der Waals surface area (Å²) in [6, 6.07) is 26.8. The minimum atomic E-state index is -4.76. The lowest BCUT2D eigenvalue weighted by molar-refractivity contribution is -0.278. The average molecular weight is 2090 g/mol. The summed E-state index contributed by atoms with van der Waals surface area (Å²) in [4.78, 5) is 22.7. The molecule has 0 radical (unpaired) electrons. The van der Waals surface area contributed by atoms with E-state index in [-0.39, 0.29) is 59.7 Å². The number of aryl methyl sites for hydroxylation is 4. The van der Waals surface area contributed by atoms with Gasteiger partial charge in [0.2, 0.25) is 48.7 Å². The van der Waals surface area contributed by atoms with Crippen LogP contribution in [0, 0.1) is 0 Å². The van der Waals surface area contributed by atoms with Crippen LogP contribution in [-0.4, -0.2) is 286 Å². The summed E-state index contributed by atoms with van der Waals surface area (Å²) in [5.41, 5.74) is 1.95. The maximum Gasteiger partial charge on any atom is 0.508 e. The quantitative estimate of drug-likeness (QED) is 0.0147. The zero-order valence-corrected chi connectivity index (χ0v) is 80.6. The highest BCUT2D eigenvalue weighted by Crippen LogP contribution is 2.50. The highest BCUT2D eigenvalue weighted by Gasteiger charge is 2.55. The molecule has 0 spiro atoms. The molecular formula is C98H124F12N8O28. The number of aliphatic hydroxyl groups is 14. The minimum absolute atomic E-state index is 0.127. The highest BCUT2D eigenvalue weighted by molar-refractivity contribution is 5.60. The summed E-state index contributed by atoms with van der Waals surface area (Å²) < 4.78 is 239. The number of halogens is 12. The second-order valence-corrected chi connectivity index (χ2v) is 37.2. The Morgan fingerprint density at radius 3 is 0.671 bits per heavy atom. The SMILES string of the molecule is CCc1ccc(Cc2c(OC3OC(CO)C(O)C(O)C3O)nn(C3CCC3)c2C(F)(F)F)cc1.CCc1ccc(Cc2c(OC3OC(CO)C(O)C(O)C3O)nn(C3CCCC3)c2C(F)(F)F)cc1.CCc1ccc(Cc2c(OC3OC(COC(=O)OC)C(O)C(O)C3O)nn(C3CCC3)c2C(F)(F)F)cc1.CCc1ccc(Cc2c(OC3OC(COC(=O)OC)C(O)C(O)C3O)nn(C3CCCC3)c2C(F)(F)F)cc1. The number of carbonyl (C=O) groups is 2. The van der Waals surface area contributed by atoms with Crippen LogP contribution in [0.4, 0.5) is 62.3 Å². The first-order chi connectivity index (χ1) is 69.3. The van der Waals surface area contributed by atoms with Crippen molar-refractivity contribution in [2.75, 3.05) is 40.6 Å². The van der Waals surface area contributed by atoms with E-state index >= 15 is 0 Å². The third-order valence-corrected chi connectivity index (χ3v) is 27.4. The topological polar surface area (TPSA) is 499 Å². The van der Waals surface area contributed by atoms with E-state index in [0.29, 0.717) is 73.6 Å². The second kappa shape index (κ2) is 49.1. The highest BCUT2D eigenvalue weighted by atomic mass is 19.4. The van der Waals surface area contributed by atoms with Crippen molar-refractivity contribution in [1.29, 1.82) is 0 Å². The molecule has 14 N–H and O–H groups in total. The second-order valence-electron chi connectivity index (χ2n) is 37.2. The molecule has 4 aromatic carbocycles. The number of hydrogen-bond donors (Lipinski definition) is 14. The number of benzene rings is 4. The molecule has 0 amide bonds. The molecule has 48 heteroatoms. The van der Waals surface area contributed by atoms with Gasteiger partial charge in [-0.25, -0.2) is 9.59 Å². The fourth-order valence-corrected chi connectivity index (χ4v) is 18.5. The molecule has 4 aromatic heterocycles. The van der Waals surface area contributed by atoms with E-state index in [1.54, 1.807) is 48.5 Å². The van der Waals surface area contributed by atoms with Crippen molar-refractivity contribution in [3.8, 4) is 23.5 Å². The van der Waals surface area contributed by atoms with Crippen LogP contribution in [0.25, 0.3) is 0 Å². The number of ether oxygens (including phenoxy) is 12. The lowest BCUT2D eigenvalue weighted by Crippen LogP contribution is -2.60. The summed E-state index contributed by atoms with van der Waals surface area (Å²) in [5, 5.41) is 159. The van der Waals surface area contributed by atoms with E-state index in [9.17, 15) is 134 Å². The molecule has 146 heavy (non-hydrogen) atoms. The first-order valence-electron chi connectivity index (χ1n) is 48.5. The average Bonchev–Trinajstić information content (AvgIpc) is 1.61. The van der Waals surface area contributed by atoms with Crippen LogP contribution in [-0.2, 0) is 114 Å². The van der Waals surface area contributed by atoms with Gasteiger partial charge >= 0.3 is 37.0 Å². The van der Waals surface area contributed by atoms with E-state index in [1.807, 2.05) is 76.2 Å². The minimum Gasteiger partial charge on any atom is -0.443 e. The van der Waals surface area contributed by atoms with Gasteiger partial charge in [-0.15, -0.1) is 20.4 Å². The summed E-state index contributed by atoms with van der Waals surface area (Å²) in [7, 11) is 2.14. The van der Waals surface area contributed by atoms with Gasteiger partial charge in [0.15, 0.2) is 0 Å². The Morgan fingerprint density at radius 2 is 0.493 bits per heavy atom. The van der Waals surface area contributed by atoms with Gasteiger partial charge in [0.25, 0.3) is 0 Å². The normalized spacial score (nSPS) is 27.0. The van der Waals surface area contributed by atoms with Gasteiger partial charge in [0.05, 0.1) is 73.9 Å². The number of rotatable bonds is 30. The molecule has 20 unspecified atom stereocenters. The molecule has 8 aliphatic rings. The molecule has 0 bridgehead atoms. The largest absolute Gasteiger partial charge is 0.508 e. The molecule has 36 nitrogen and oxygen atoms in total.